The van der Waals surface area contributed by atoms with E-state index < -0.39 is 11.9 Å². The molecule has 1 amide bonds. The van der Waals surface area contributed by atoms with E-state index in [2.05, 4.69) is 5.32 Å². The third kappa shape index (κ3) is 3.54. The van der Waals surface area contributed by atoms with Gasteiger partial charge in [0.2, 0.25) is 0 Å². The average Bonchev–Trinajstić information content (AvgIpc) is 2.92. The second-order valence-electron chi connectivity index (χ2n) is 4.61. The number of ether oxygens (including phenoxy) is 2. The summed E-state index contributed by atoms with van der Waals surface area (Å²) < 4.78 is 24.4. The first kappa shape index (κ1) is 14.9. The van der Waals surface area contributed by atoms with Gasteiger partial charge in [-0.25, -0.2) is 9.18 Å². The van der Waals surface area contributed by atoms with Crippen molar-refractivity contribution >= 4 is 23.4 Å². The van der Waals surface area contributed by atoms with Crippen LogP contribution >= 0.6 is 11.6 Å². The molecule has 0 unspecified atom stereocenters. The number of carbonyl (C=O) groups is 1. The van der Waals surface area contributed by atoms with E-state index in [0.29, 0.717) is 0 Å². The lowest BCUT2D eigenvalue weighted by Gasteiger charge is -2.15. The molecule has 0 aromatic heterocycles. The molecule has 20 heavy (non-hydrogen) atoms. The van der Waals surface area contributed by atoms with Crippen LogP contribution in [0, 0.1) is 5.82 Å². The van der Waals surface area contributed by atoms with Gasteiger partial charge in [-0.3, -0.25) is 5.32 Å². The Morgan fingerprint density at radius 2 is 2.15 bits per heavy atom. The van der Waals surface area contributed by atoms with Crippen LogP contribution < -0.4 is 10.1 Å². The molecule has 4 nitrogen and oxygen atoms in total. The lowest BCUT2D eigenvalue weighted by Crippen LogP contribution is -2.15. The van der Waals surface area contributed by atoms with Gasteiger partial charge in [-0.1, -0.05) is 11.6 Å². The Morgan fingerprint density at radius 3 is 2.80 bits per heavy atom. The lowest BCUT2D eigenvalue weighted by molar-refractivity contribution is 0.168. The number of rotatable bonds is 4. The monoisotopic (exact) mass is 301 g/mol. The van der Waals surface area contributed by atoms with Crippen molar-refractivity contribution in [2.45, 2.75) is 38.7 Å². The van der Waals surface area contributed by atoms with E-state index in [-0.39, 0.29) is 29.2 Å². The highest BCUT2D eigenvalue weighted by atomic mass is 35.5. The van der Waals surface area contributed by atoms with E-state index in [1.807, 2.05) is 0 Å². The highest BCUT2D eigenvalue weighted by molar-refractivity contribution is 6.34. The minimum Gasteiger partial charge on any atom is -0.487 e. The van der Waals surface area contributed by atoms with E-state index in [1.54, 1.807) is 6.92 Å². The molecule has 0 radical (unpaired) electrons. The number of hydrogen-bond acceptors (Lipinski definition) is 3. The maximum atomic E-state index is 14.1. The van der Waals surface area contributed by atoms with Crippen LogP contribution in [0.25, 0.3) is 0 Å². The van der Waals surface area contributed by atoms with Crippen molar-refractivity contribution < 1.29 is 18.7 Å². The molecule has 1 aliphatic carbocycles. The number of benzene rings is 1. The number of amides is 1. The van der Waals surface area contributed by atoms with Gasteiger partial charge in [-0.05, 0) is 44.7 Å². The summed E-state index contributed by atoms with van der Waals surface area (Å²) in [4.78, 5) is 11.3. The number of halogens is 2. The Labute approximate surface area is 122 Å². The van der Waals surface area contributed by atoms with Crippen LogP contribution in [0.3, 0.4) is 0 Å². The molecule has 1 fully saturated rings. The van der Waals surface area contributed by atoms with Gasteiger partial charge in [0.25, 0.3) is 0 Å². The summed E-state index contributed by atoms with van der Waals surface area (Å²) in [5.74, 6) is -0.538. The lowest BCUT2D eigenvalue weighted by atomic mass is 10.2. The van der Waals surface area contributed by atoms with Crippen molar-refractivity contribution in [2.75, 3.05) is 11.9 Å². The average molecular weight is 302 g/mol. The van der Waals surface area contributed by atoms with Crippen LogP contribution in [-0.4, -0.2) is 18.8 Å². The largest absolute Gasteiger partial charge is 0.487 e. The van der Waals surface area contributed by atoms with Crippen LogP contribution in [-0.2, 0) is 4.74 Å². The molecule has 0 spiro atoms. The molecule has 1 aliphatic rings. The molecule has 1 aromatic rings. The first-order valence-electron chi connectivity index (χ1n) is 6.70. The van der Waals surface area contributed by atoms with E-state index in [4.69, 9.17) is 21.1 Å². The first-order chi connectivity index (χ1) is 9.61. The van der Waals surface area contributed by atoms with Crippen LogP contribution in [0.2, 0.25) is 5.02 Å². The molecular weight excluding hydrogens is 285 g/mol. The molecule has 0 aliphatic heterocycles. The number of carbonyl (C=O) groups excluding carboxylic acids is 1. The molecule has 0 saturated heterocycles. The third-order valence-electron chi connectivity index (χ3n) is 3.15. The van der Waals surface area contributed by atoms with Crippen molar-refractivity contribution in [3.8, 4) is 5.75 Å². The Bertz CT molecular complexity index is 490. The Balaban J connectivity index is 2.09. The number of nitrogens with one attached hydrogen (secondary N) is 1. The zero-order chi connectivity index (χ0) is 14.5. The molecule has 2 rings (SSSR count). The highest BCUT2D eigenvalue weighted by Crippen LogP contribution is 2.34. The van der Waals surface area contributed by atoms with Crippen molar-refractivity contribution in [1.82, 2.24) is 0 Å². The molecule has 1 N–H and O–H groups in total. The summed E-state index contributed by atoms with van der Waals surface area (Å²) in [6, 6.07) is 2.98. The minimum atomic E-state index is -0.668. The smallest absolute Gasteiger partial charge is 0.411 e. The van der Waals surface area contributed by atoms with Gasteiger partial charge >= 0.3 is 6.09 Å². The Morgan fingerprint density at radius 1 is 1.45 bits per heavy atom. The zero-order valence-electron chi connectivity index (χ0n) is 11.2. The summed E-state index contributed by atoms with van der Waals surface area (Å²) in [6.07, 6.45) is 3.44. The summed E-state index contributed by atoms with van der Waals surface area (Å²) >= 11 is 5.90. The quantitative estimate of drug-likeness (QED) is 0.898. The third-order valence-corrected chi connectivity index (χ3v) is 3.52. The summed E-state index contributed by atoms with van der Waals surface area (Å²) in [5.41, 5.74) is 0.168. The van der Waals surface area contributed by atoms with Crippen molar-refractivity contribution in [3.63, 3.8) is 0 Å². The zero-order valence-corrected chi connectivity index (χ0v) is 12.0. The van der Waals surface area contributed by atoms with Gasteiger partial charge in [0.05, 0.1) is 18.4 Å². The maximum Gasteiger partial charge on any atom is 0.411 e. The first-order valence-corrected chi connectivity index (χ1v) is 7.08. The topological polar surface area (TPSA) is 47.6 Å². The fourth-order valence-electron chi connectivity index (χ4n) is 2.18. The predicted octanol–water partition coefficient (Wildman–Crippen LogP) is 4.37. The van der Waals surface area contributed by atoms with E-state index >= 15 is 0 Å². The van der Waals surface area contributed by atoms with Gasteiger partial charge in [-0.2, -0.15) is 0 Å². The second-order valence-corrected chi connectivity index (χ2v) is 4.99. The Hall–Kier alpha value is -1.49. The van der Waals surface area contributed by atoms with Gasteiger partial charge in [-0.15, -0.1) is 0 Å². The van der Waals surface area contributed by atoms with Crippen LogP contribution in [0.5, 0.6) is 5.75 Å². The molecule has 6 heteroatoms. The summed E-state index contributed by atoms with van der Waals surface area (Å²) in [5, 5.41) is 2.21. The van der Waals surface area contributed by atoms with Crippen LogP contribution in [0.4, 0.5) is 14.9 Å². The number of hydrogen-bond donors (Lipinski definition) is 1. The minimum absolute atomic E-state index is 0.0458. The van der Waals surface area contributed by atoms with E-state index in [1.165, 1.54) is 12.1 Å². The molecular formula is C14H17ClFNO3. The highest BCUT2D eigenvalue weighted by Gasteiger charge is 2.20. The summed E-state index contributed by atoms with van der Waals surface area (Å²) in [7, 11) is 0. The number of anilines is 1. The van der Waals surface area contributed by atoms with Crippen molar-refractivity contribution in [1.29, 1.82) is 0 Å². The Kier molecular flexibility index (Phi) is 5.06. The van der Waals surface area contributed by atoms with E-state index in [0.717, 1.165) is 25.7 Å². The molecule has 0 bridgehead atoms. The van der Waals surface area contributed by atoms with Crippen LogP contribution in [0.15, 0.2) is 12.1 Å². The molecule has 0 heterocycles. The normalized spacial score (nSPS) is 15.2. The molecule has 110 valence electrons. The predicted molar refractivity (Wildman–Crippen MR) is 74.9 cm³/mol. The van der Waals surface area contributed by atoms with Gasteiger partial charge < -0.3 is 9.47 Å². The maximum absolute atomic E-state index is 14.1. The molecule has 1 aromatic carbocycles. The van der Waals surface area contributed by atoms with Gasteiger partial charge in [0.15, 0.2) is 11.6 Å². The van der Waals surface area contributed by atoms with Crippen molar-refractivity contribution in [2.24, 2.45) is 0 Å². The fraction of sp³-hybridized carbons (Fsp3) is 0.500. The molecule has 0 atom stereocenters. The molecule has 1 saturated carbocycles. The van der Waals surface area contributed by atoms with Gasteiger partial charge in [0, 0.05) is 0 Å². The second kappa shape index (κ2) is 6.79. The van der Waals surface area contributed by atoms with E-state index in [9.17, 15) is 9.18 Å². The summed E-state index contributed by atoms with van der Waals surface area (Å²) in [6.45, 7) is 1.91. The van der Waals surface area contributed by atoms with Crippen LogP contribution in [0.1, 0.15) is 32.6 Å². The fourth-order valence-corrected chi connectivity index (χ4v) is 2.39. The van der Waals surface area contributed by atoms with Crippen molar-refractivity contribution in [3.05, 3.63) is 23.0 Å². The van der Waals surface area contributed by atoms with Gasteiger partial charge in [0.1, 0.15) is 5.02 Å². The standard InChI is InChI=1S/C14H17ClFNO3/c1-2-19-14(18)17-10-7-8-11(13(16)12(10)15)20-9-5-3-4-6-9/h7-9H,2-6H2,1H3,(H,17,18). The SMILES string of the molecule is CCOC(=O)Nc1ccc(OC2CCCC2)c(F)c1Cl.